The Morgan fingerprint density at radius 3 is 2.00 bits per heavy atom. The minimum atomic E-state index is -4.41. The van der Waals surface area contributed by atoms with E-state index in [1.165, 1.54) is 0 Å². The lowest BCUT2D eigenvalue weighted by Crippen LogP contribution is -2.41. The number of hydrogen-bond donors (Lipinski definition) is 2. The average molecular weight is 185 g/mol. The van der Waals surface area contributed by atoms with E-state index in [1.54, 1.807) is 13.8 Å². The number of alkyl halides is 3. The number of aliphatic hydroxyl groups excluding tert-OH is 1. The summed E-state index contributed by atoms with van der Waals surface area (Å²) in [5.41, 5.74) is 4.80. The standard InChI is InChI=1S/C7H14F3NO/c1-4(2)5(12)3-6(11)7(8,9)10/h4-6,12H,3,11H2,1-2H3/t5-,6+/m1/s1. The van der Waals surface area contributed by atoms with Crippen molar-refractivity contribution in [3.8, 4) is 0 Å². The number of hydrogen-bond acceptors (Lipinski definition) is 2. The van der Waals surface area contributed by atoms with Gasteiger partial charge in [-0.05, 0) is 12.3 Å². The Kier molecular flexibility index (Phi) is 3.99. The van der Waals surface area contributed by atoms with E-state index in [0.29, 0.717) is 0 Å². The number of nitrogens with two attached hydrogens (primary N) is 1. The van der Waals surface area contributed by atoms with Gasteiger partial charge in [0.1, 0.15) is 6.04 Å². The van der Waals surface area contributed by atoms with Gasteiger partial charge in [-0.3, -0.25) is 0 Å². The first kappa shape index (κ1) is 11.7. The van der Waals surface area contributed by atoms with Gasteiger partial charge in [-0.25, -0.2) is 0 Å². The third kappa shape index (κ3) is 3.92. The number of halogens is 3. The second-order valence-electron chi connectivity index (χ2n) is 3.20. The number of rotatable bonds is 3. The molecule has 0 aromatic carbocycles. The van der Waals surface area contributed by atoms with Crippen molar-refractivity contribution in [3.63, 3.8) is 0 Å². The predicted molar refractivity (Wildman–Crippen MR) is 39.5 cm³/mol. The van der Waals surface area contributed by atoms with Crippen molar-refractivity contribution in [1.82, 2.24) is 0 Å². The Labute approximate surface area is 69.6 Å². The molecular weight excluding hydrogens is 171 g/mol. The fourth-order valence-corrected chi connectivity index (χ4v) is 0.666. The van der Waals surface area contributed by atoms with Crippen LogP contribution in [0, 0.1) is 5.92 Å². The molecule has 0 radical (unpaired) electrons. The van der Waals surface area contributed by atoms with Crippen molar-refractivity contribution in [2.75, 3.05) is 0 Å². The highest BCUT2D eigenvalue weighted by atomic mass is 19.4. The molecule has 0 spiro atoms. The first-order chi connectivity index (χ1) is 5.25. The summed E-state index contributed by atoms with van der Waals surface area (Å²) in [6, 6.07) is -1.92. The maximum Gasteiger partial charge on any atom is 0.403 e. The molecule has 0 saturated carbocycles. The summed E-state index contributed by atoms with van der Waals surface area (Å²) in [4.78, 5) is 0. The lowest BCUT2D eigenvalue weighted by molar-refractivity contribution is -0.154. The van der Waals surface area contributed by atoms with Crippen LogP contribution < -0.4 is 5.73 Å². The Morgan fingerprint density at radius 2 is 1.75 bits per heavy atom. The highest BCUT2D eigenvalue weighted by Gasteiger charge is 2.38. The average Bonchev–Trinajstić information content (AvgIpc) is 1.85. The molecule has 12 heavy (non-hydrogen) atoms. The zero-order valence-corrected chi connectivity index (χ0v) is 7.10. The Bertz CT molecular complexity index is 135. The monoisotopic (exact) mass is 185 g/mol. The van der Waals surface area contributed by atoms with Gasteiger partial charge in [0, 0.05) is 0 Å². The molecule has 0 unspecified atom stereocenters. The predicted octanol–water partition coefficient (Wildman–Crippen LogP) is 1.28. The summed E-state index contributed by atoms with van der Waals surface area (Å²) in [6.45, 7) is 3.29. The highest BCUT2D eigenvalue weighted by Crippen LogP contribution is 2.23. The molecule has 0 aliphatic carbocycles. The Balaban J connectivity index is 3.93. The lowest BCUT2D eigenvalue weighted by Gasteiger charge is -2.21. The van der Waals surface area contributed by atoms with Crippen LogP contribution in [0.3, 0.4) is 0 Å². The summed E-state index contributed by atoms with van der Waals surface area (Å²) in [7, 11) is 0. The summed E-state index contributed by atoms with van der Waals surface area (Å²) in [5.74, 6) is -0.196. The van der Waals surface area contributed by atoms with Crippen molar-refractivity contribution in [1.29, 1.82) is 0 Å². The van der Waals surface area contributed by atoms with Crippen molar-refractivity contribution in [2.24, 2.45) is 11.7 Å². The van der Waals surface area contributed by atoms with Crippen LogP contribution >= 0.6 is 0 Å². The number of aliphatic hydroxyl groups is 1. The van der Waals surface area contributed by atoms with Gasteiger partial charge in [0.25, 0.3) is 0 Å². The van der Waals surface area contributed by atoms with E-state index in [2.05, 4.69) is 0 Å². The first-order valence-corrected chi connectivity index (χ1v) is 3.75. The fraction of sp³-hybridized carbons (Fsp3) is 1.00. The summed E-state index contributed by atoms with van der Waals surface area (Å²) in [5, 5.41) is 9.08. The minimum Gasteiger partial charge on any atom is -0.393 e. The molecule has 0 saturated heterocycles. The van der Waals surface area contributed by atoms with Gasteiger partial charge >= 0.3 is 6.18 Å². The summed E-state index contributed by atoms with van der Waals surface area (Å²) < 4.78 is 35.5. The van der Waals surface area contributed by atoms with Gasteiger partial charge in [-0.15, -0.1) is 0 Å². The molecule has 0 amide bonds. The van der Waals surface area contributed by atoms with E-state index < -0.39 is 24.7 Å². The Hall–Kier alpha value is -0.290. The van der Waals surface area contributed by atoms with Crippen LogP contribution in [0.4, 0.5) is 13.2 Å². The van der Waals surface area contributed by atoms with Gasteiger partial charge in [-0.2, -0.15) is 13.2 Å². The molecule has 5 heteroatoms. The maximum atomic E-state index is 11.8. The van der Waals surface area contributed by atoms with E-state index in [0.717, 1.165) is 0 Å². The van der Waals surface area contributed by atoms with Crippen LogP contribution in [0.5, 0.6) is 0 Å². The van der Waals surface area contributed by atoms with Gasteiger partial charge in [0.15, 0.2) is 0 Å². The first-order valence-electron chi connectivity index (χ1n) is 3.75. The van der Waals surface area contributed by atoms with Gasteiger partial charge in [-0.1, -0.05) is 13.8 Å². The third-order valence-electron chi connectivity index (χ3n) is 1.69. The largest absolute Gasteiger partial charge is 0.403 e. The zero-order chi connectivity index (χ0) is 9.94. The third-order valence-corrected chi connectivity index (χ3v) is 1.69. The molecular formula is C7H14F3NO. The van der Waals surface area contributed by atoms with E-state index >= 15 is 0 Å². The molecule has 2 nitrogen and oxygen atoms in total. The van der Waals surface area contributed by atoms with Crippen molar-refractivity contribution < 1.29 is 18.3 Å². The topological polar surface area (TPSA) is 46.2 Å². The molecule has 0 fully saturated rings. The summed E-state index contributed by atoms with van der Waals surface area (Å²) in [6.07, 6.45) is -5.82. The van der Waals surface area contributed by atoms with E-state index in [4.69, 9.17) is 10.8 Å². The SMILES string of the molecule is CC(C)[C@H](O)C[C@H](N)C(F)(F)F. The highest BCUT2D eigenvalue weighted by molar-refractivity contribution is 4.75. The fourth-order valence-electron chi connectivity index (χ4n) is 0.666. The molecule has 0 aromatic heterocycles. The van der Waals surface area contributed by atoms with Gasteiger partial charge in [0.05, 0.1) is 6.10 Å². The zero-order valence-electron chi connectivity index (χ0n) is 7.10. The maximum absolute atomic E-state index is 11.8. The van der Waals surface area contributed by atoms with Crippen LogP contribution in [0.1, 0.15) is 20.3 Å². The van der Waals surface area contributed by atoms with E-state index in [9.17, 15) is 13.2 Å². The van der Waals surface area contributed by atoms with E-state index in [1.807, 2.05) is 0 Å². The van der Waals surface area contributed by atoms with Crippen molar-refractivity contribution >= 4 is 0 Å². The van der Waals surface area contributed by atoms with Crippen LogP contribution in [0.2, 0.25) is 0 Å². The molecule has 0 aromatic rings. The second-order valence-corrected chi connectivity index (χ2v) is 3.20. The molecule has 0 heterocycles. The molecule has 0 aliphatic heterocycles. The molecule has 0 aliphatic rings. The van der Waals surface area contributed by atoms with Gasteiger partial charge < -0.3 is 10.8 Å². The van der Waals surface area contributed by atoms with Crippen molar-refractivity contribution in [2.45, 2.75) is 38.6 Å². The molecule has 3 N–H and O–H groups in total. The molecule has 74 valence electrons. The normalized spacial score (nSPS) is 18.0. The molecule has 0 rings (SSSR count). The van der Waals surface area contributed by atoms with Crippen LogP contribution in [0.15, 0.2) is 0 Å². The molecule has 2 atom stereocenters. The summed E-state index contributed by atoms with van der Waals surface area (Å²) >= 11 is 0. The Morgan fingerprint density at radius 1 is 1.33 bits per heavy atom. The second kappa shape index (κ2) is 4.09. The minimum absolute atomic E-state index is 0.196. The lowest BCUT2D eigenvalue weighted by atomic mass is 10.00. The van der Waals surface area contributed by atoms with Crippen molar-refractivity contribution in [3.05, 3.63) is 0 Å². The van der Waals surface area contributed by atoms with Gasteiger partial charge in [0.2, 0.25) is 0 Å². The quantitative estimate of drug-likeness (QED) is 0.695. The smallest absolute Gasteiger partial charge is 0.393 e. The molecule has 0 bridgehead atoms. The van der Waals surface area contributed by atoms with Crippen LogP contribution in [-0.2, 0) is 0 Å². The van der Waals surface area contributed by atoms with Crippen LogP contribution in [0.25, 0.3) is 0 Å². The van der Waals surface area contributed by atoms with E-state index in [-0.39, 0.29) is 5.92 Å². The van der Waals surface area contributed by atoms with Crippen LogP contribution in [-0.4, -0.2) is 23.4 Å².